The van der Waals surface area contributed by atoms with Crippen LogP contribution in [0.15, 0.2) is 85.6 Å². The van der Waals surface area contributed by atoms with Crippen LogP contribution in [-0.4, -0.2) is 132 Å². The second-order valence-corrected chi connectivity index (χ2v) is 16.7. The minimum absolute atomic E-state index is 0. The molecule has 9 N–H and O–H groups in total. The summed E-state index contributed by atoms with van der Waals surface area (Å²) in [4.78, 5) is 32.4. The normalized spacial score (nSPS) is 11.5. The molecule has 0 unspecified atom stereocenters. The first kappa shape index (κ1) is 55.6. The van der Waals surface area contributed by atoms with Crippen LogP contribution in [0.25, 0.3) is 10.8 Å². The zero-order valence-corrected chi connectivity index (χ0v) is 37.1. The van der Waals surface area contributed by atoms with Crippen LogP contribution in [0.3, 0.4) is 0 Å². The number of fused-ring (bicyclic) bond motifs is 1. The number of rotatable bonds is 17. The molecular formula is C33H27Li3N12O16S3. The van der Waals surface area contributed by atoms with E-state index in [1.54, 1.807) is 0 Å². The van der Waals surface area contributed by atoms with Crippen molar-refractivity contribution in [1.82, 2.24) is 29.9 Å². The summed E-state index contributed by atoms with van der Waals surface area (Å²) >= 11 is 0. The molecule has 336 valence electrons. The number of benzene rings is 4. The standard InChI is InChI=1S/C33H30N12O16S3.3Li/c46-9-7-45(8-10-47)31-38-30(41-33(52)42-31)35-20-6-5-16(13-22(20)63(56,57)58)34-28-37-29(40-32(51)39-28)36-21-14-17(62(53,54)55)11-15-12-23(64(59,60)61)25(26(48)24(15)21)44-43-19-4-2-1-3-18(19)27(49)50;;;/h1-6,11-14,46-48H,7-10H2,(H,49,50)(H,53,54,55)(H,56,57,58)(H,59,60,61)(H2,35,38,41,42,52)(H3,34,36,37,39,40,51);;;/q;3*+1/p-3. The summed E-state index contributed by atoms with van der Waals surface area (Å²) in [5.41, 5.74) is -3.07. The van der Waals surface area contributed by atoms with E-state index in [4.69, 9.17) is 0 Å². The Morgan fingerprint density at radius 2 is 1.21 bits per heavy atom. The third-order valence-electron chi connectivity index (χ3n) is 8.33. The van der Waals surface area contributed by atoms with Gasteiger partial charge in [0.1, 0.15) is 41.7 Å². The van der Waals surface area contributed by atoms with Gasteiger partial charge in [-0.1, -0.05) is 12.1 Å². The molecule has 6 aromatic rings. The average molecular weight is 965 g/mol. The summed E-state index contributed by atoms with van der Waals surface area (Å²) in [6, 6.07) is 7.84. The zero-order chi connectivity index (χ0) is 46.7. The number of nitrogens with zero attached hydrogens (tertiary/aromatic N) is 9. The van der Waals surface area contributed by atoms with Gasteiger partial charge in [0, 0.05) is 24.2 Å². The van der Waals surface area contributed by atoms with E-state index in [1.807, 2.05) is 0 Å². The van der Waals surface area contributed by atoms with Gasteiger partial charge in [-0.3, -0.25) is 0 Å². The molecule has 0 saturated heterocycles. The van der Waals surface area contributed by atoms with Crippen molar-refractivity contribution in [3.05, 3.63) is 66.2 Å². The molecule has 28 nitrogen and oxygen atoms in total. The van der Waals surface area contributed by atoms with Gasteiger partial charge in [0.2, 0.25) is 23.8 Å². The molecule has 0 aliphatic heterocycles. The number of aromatic carboxylic acids is 1. The van der Waals surface area contributed by atoms with Gasteiger partial charge in [0.15, 0.2) is 5.75 Å². The van der Waals surface area contributed by atoms with Crippen molar-refractivity contribution in [2.24, 2.45) is 10.2 Å². The van der Waals surface area contributed by atoms with Crippen molar-refractivity contribution in [2.75, 3.05) is 47.2 Å². The summed E-state index contributed by atoms with van der Waals surface area (Å²) in [5, 5.41) is 73.8. The number of aliphatic hydroxyl groups excluding tert-OH is 2. The van der Waals surface area contributed by atoms with E-state index in [2.05, 4.69) is 56.1 Å². The quantitative estimate of drug-likeness (QED) is 0.0233. The average Bonchev–Trinajstić information content (AvgIpc) is 3.19. The number of hydrogen-bond acceptors (Lipinski definition) is 27. The molecule has 4 aromatic carbocycles. The maximum absolute atomic E-state index is 12.4. The molecule has 2 aromatic heterocycles. The van der Waals surface area contributed by atoms with Crippen LogP contribution in [0, 0.1) is 0 Å². The fourth-order valence-electron chi connectivity index (χ4n) is 5.70. The fraction of sp³-hybridized carbons (Fsp3) is 0.121. The van der Waals surface area contributed by atoms with Gasteiger partial charge in [-0.2, -0.15) is 29.9 Å². The van der Waals surface area contributed by atoms with Gasteiger partial charge in [-0.05, 0) is 53.9 Å². The summed E-state index contributed by atoms with van der Waals surface area (Å²) < 4.78 is 111. The van der Waals surface area contributed by atoms with Gasteiger partial charge in [0.05, 0.1) is 44.8 Å². The van der Waals surface area contributed by atoms with E-state index in [0.717, 1.165) is 30.3 Å². The number of nitrogens with one attached hydrogen (secondary N) is 3. The van der Waals surface area contributed by atoms with Crippen molar-refractivity contribution >= 4 is 99.3 Å². The fourth-order valence-corrected chi connectivity index (χ4v) is 7.54. The molecule has 0 spiro atoms. The van der Waals surface area contributed by atoms with E-state index in [9.17, 15) is 74.3 Å². The summed E-state index contributed by atoms with van der Waals surface area (Å²) in [5.74, 6) is -4.65. The number of hydrogen-bond donors (Lipinski definition) is 9. The molecule has 34 heteroatoms. The number of aromatic nitrogens is 6. The number of aromatic hydroxyl groups is 3. The van der Waals surface area contributed by atoms with E-state index in [1.165, 1.54) is 17.0 Å². The Kier molecular flexibility index (Phi) is 18.6. The Balaban J connectivity index is 0.00000397. The number of carbonyl (C=O) groups is 1. The molecule has 0 amide bonds. The molecule has 0 fully saturated rings. The third kappa shape index (κ3) is 13.5. The molecular weight excluding hydrogens is 937 g/mol. The maximum atomic E-state index is 12.4. The molecule has 0 radical (unpaired) electrons. The van der Waals surface area contributed by atoms with Crippen LogP contribution in [-0.2, 0) is 30.4 Å². The second kappa shape index (κ2) is 22.4. The van der Waals surface area contributed by atoms with Crippen LogP contribution in [0.2, 0.25) is 0 Å². The maximum Gasteiger partial charge on any atom is 1.00 e. The minimum Gasteiger partial charge on any atom is -0.744 e. The number of phenols is 1. The van der Waals surface area contributed by atoms with Gasteiger partial charge in [-0.15, -0.1) is 10.2 Å². The molecule has 6 rings (SSSR count). The van der Waals surface area contributed by atoms with Crippen LogP contribution in [0.4, 0.5) is 52.2 Å². The van der Waals surface area contributed by atoms with Crippen LogP contribution in [0.1, 0.15) is 10.4 Å². The Morgan fingerprint density at radius 3 is 1.79 bits per heavy atom. The monoisotopic (exact) mass is 964 g/mol. The SMILES string of the molecule is O=C(O)c1ccccc1N=Nc1c(S(=O)(=O)[O-])cc2cc(S(=O)(=O)[O-])cc(Nc3nc(O)nc(Nc4ccc(Nc5nc(O)nc(N(CCO)CCO)n5)c(S(=O)(=O)[O-])c4)n3)c2c1O.[Li+].[Li+].[Li+]. The van der Waals surface area contributed by atoms with Gasteiger partial charge >= 0.3 is 74.6 Å². The van der Waals surface area contributed by atoms with E-state index < -0.39 is 133 Å². The van der Waals surface area contributed by atoms with Gasteiger partial charge < -0.3 is 65.1 Å². The third-order valence-corrected chi connectivity index (χ3v) is 10.9. The molecule has 0 saturated carbocycles. The minimum atomic E-state index is -5.58. The van der Waals surface area contributed by atoms with Crippen molar-refractivity contribution in [1.29, 1.82) is 0 Å². The van der Waals surface area contributed by atoms with Gasteiger partial charge in [0.25, 0.3) is 0 Å². The first-order valence-corrected chi connectivity index (χ1v) is 21.6. The molecule has 0 bridgehead atoms. The van der Waals surface area contributed by atoms with Gasteiger partial charge in [-0.25, -0.2) is 30.0 Å². The summed E-state index contributed by atoms with van der Waals surface area (Å²) in [6.45, 7) is -0.976. The van der Waals surface area contributed by atoms with Crippen LogP contribution in [0.5, 0.6) is 17.8 Å². The molecule has 2 heterocycles. The Morgan fingerprint density at radius 1 is 0.642 bits per heavy atom. The second-order valence-electron chi connectivity index (χ2n) is 12.6. The van der Waals surface area contributed by atoms with E-state index in [-0.39, 0.29) is 87.0 Å². The molecule has 0 aliphatic carbocycles. The predicted octanol–water partition coefficient (Wildman–Crippen LogP) is -7.81. The number of aliphatic hydroxyl groups is 2. The Bertz CT molecular complexity index is 3210. The summed E-state index contributed by atoms with van der Waals surface area (Å²) in [7, 11) is -16.3. The zero-order valence-electron chi connectivity index (χ0n) is 34.6. The summed E-state index contributed by atoms with van der Waals surface area (Å²) in [6.07, 6.45) is 0. The number of carboxylic acid groups (broad SMARTS) is 1. The molecule has 0 aliphatic rings. The largest absolute Gasteiger partial charge is 1.00 e. The van der Waals surface area contributed by atoms with Crippen molar-refractivity contribution in [3.63, 3.8) is 0 Å². The molecule has 67 heavy (non-hydrogen) atoms. The van der Waals surface area contributed by atoms with Crippen LogP contribution < -0.4 is 77.4 Å². The topological polar surface area (TPSA) is 451 Å². The first-order chi connectivity index (χ1) is 30.0. The predicted molar refractivity (Wildman–Crippen MR) is 213 cm³/mol. The van der Waals surface area contributed by atoms with Crippen molar-refractivity contribution < 1.29 is 131 Å². The first-order valence-electron chi connectivity index (χ1n) is 17.3. The van der Waals surface area contributed by atoms with Crippen molar-refractivity contribution in [3.8, 4) is 17.8 Å². The number of carboxylic acids is 1. The number of phenolic OH excluding ortho intramolecular Hbond substituents is 1. The Labute approximate surface area is 413 Å². The van der Waals surface area contributed by atoms with E-state index in [0.29, 0.717) is 18.2 Å². The molecule has 0 atom stereocenters. The number of anilines is 7. The van der Waals surface area contributed by atoms with E-state index >= 15 is 0 Å². The van der Waals surface area contributed by atoms with Crippen LogP contribution >= 0.6 is 0 Å². The smallest absolute Gasteiger partial charge is 0.744 e. The number of azo groups is 1. The van der Waals surface area contributed by atoms with Crippen molar-refractivity contribution in [2.45, 2.75) is 14.7 Å². The Hall–Kier alpha value is -5.73.